The summed E-state index contributed by atoms with van der Waals surface area (Å²) in [6, 6.07) is 10.3. The lowest BCUT2D eigenvalue weighted by atomic mass is 9.73. The van der Waals surface area contributed by atoms with Gasteiger partial charge in [-0.2, -0.15) is 0 Å². The van der Waals surface area contributed by atoms with Crippen LogP contribution in [0.4, 0.5) is 8.78 Å². The quantitative estimate of drug-likeness (QED) is 0.817. The number of halogens is 3. The van der Waals surface area contributed by atoms with Crippen LogP contribution in [0.5, 0.6) is 0 Å². The van der Waals surface area contributed by atoms with E-state index in [1.54, 1.807) is 18.2 Å². The number of ketones is 1. The first-order valence-corrected chi connectivity index (χ1v) is 9.07. The van der Waals surface area contributed by atoms with Gasteiger partial charge in [0.15, 0.2) is 5.78 Å². The molecule has 1 aliphatic heterocycles. The fourth-order valence-corrected chi connectivity index (χ4v) is 4.32. The summed E-state index contributed by atoms with van der Waals surface area (Å²) < 4.78 is 27.6. The van der Waals surface area contributed by atoms with Gasteiger partial charge in [-0.05, 0) is 42.2 Å². The smallest absolute Gasteiger partial charge is 0.225 e. The van der Waals surface area contributed by atoms with E-state index < -0.39 is 11.7 Å². The molecule has 1 aliphatic carbocycles. The van der Waals surface area contributed by atoms with E-state index in [0.717, 1.165) is 5.56 Å². The molecular weight excluding hydrogens is 372 g/mol. The number of carbonyl (C=O) groups excluding carboxylic acids is 2. The summed E-state index contributed by atoms with van der Waals surface area (Å²) in [5.41, 5.74) is 1.97. The molecule has 3 nitrogen and oxygen atoms in total. The van der Waals surface area contributed by atoms with E-state index >= 15 is 0 Å². The van der Waals surface area contributed by atoms with Crippen LogP contribution in [0.3, 0.4) is 0 Å². The zero-order chi connectivity index (χ0) is 19.1. The lowest BCUT2D eigenvalue weighted by Crippen LogP contribution is -2.38. The Morgan fingerprint density at radius 3 is 2.41 bits per heavy atom. The fourth-order valence-electron chi connectivity index (χ4n) is 4.02. The van der Waals surface area contributed by atoms with Crippen LogP contribution >= 0.6 is 11.6 Å². The maximum atomic E-state index is 14.4. The molecule has 2 atom stereocenters. The topological polar surface area (TPSA) is 46.2 Å². The molecule has 0 unspecified atom stereocenters. The number of Topliss-reactive ketones (excluding diaryl/α,β-unsaturated/α-hetero) is 1. The summed E-state index contributed by atoms with van der Waals surface area (Å²) in [7, 11) is 0. The van der Waals surface area contributed by atoms with Gasteiger partial charge in [0, 0.05) is 40.6 Å². The predicted octanol–water partition coefficient (Wildman–Crippen LogP) is 4.62. The molecule has 0 radical (unpaired) electrons. The summed E-state index contributed by atoms with van der Waals surface area (Å²) in [6.45, 7) is 0. The summed E-state index contributed by atoms with van der Waals surface area (Å²) in [4.78, 5) is 25.2. The first-order valence-electron chi connectivity index (χ1n) is 8.69. The van der Waals surface area contributed by atoms with Crippen LogP contribution in [0.25, 0.3) is 0 Å². The largest absolute Gasteiger partial charge is 0.329 e. The van der Waals surface area contributed by atoms with E-state index in [1.807, 2.05) is 0 Å². The standard InChI is InChI=1S/C21H16ClF2NO2/c22-15-2-1-3-16(24)20(15)14-10-19(27)25-17-8-12(9-18(26)21(14)17)11-4-6-13(23)7-5-11/h1-7,12,14H,8-10H2,(H,25,27)/t12-,14-/m1/s1. The number of amides is 1. The van der Waals surface area contributed by atoms with Crippen molar-refractivity contribution in [1.82, 2.24) is 5.32 Å². The number of hydrogen-bond donors (Lipinski definition) is 1. The molecule has 2 aromatic rings. The van der Waals surface area contributed by atoms with Gasteiger partial charge in [0.2, 0.25) is 5.91 Å². The lowest BCUT2D eigenvalue weighted by molar-refractivity contribution is -0.122. The van der Waals surface area contributed by atoms with Gasteiger partial charge in [-0.3, -0.25) is 9.59 Å². The maximum absolute atomic E-state index is 14.4. The molecule has 0 spiro atoms. The molecule has 2 aromatic carbocycles. The Morgan fingerprint density at radius 2 is 1.70 bits per heavy atom. The zero-order valence-corrected chi connectivity index (χ0v) is 15.0. The number of benzene rings is 2. The number of nitrogens with one attached hydrogen (secondary N) is 1. The van der Waals surface area contributed by atoms with Crippen molar-refractivity contribution < 1.29 is 18.4 Å². The van der Waals surface area contributed by atoms with Crippen LogP contribution in [0.15, 0.2) is 53.7 Å². The van der Waals surface area contributed by atoms with E-state index in [1.165, 1.54) is 24.3 Å². The molecule has 6 heteroatoms. The van der Waals surface area contributed by atoms with Gasteiger partial charge in [0.05, 0.1) is 0 Å². The Morgan fingerprint density at radius 1 is 0.963 bits per heavy atom. The molecule has 1 heterocycles. The van der Waals surface area contributed by atoms with Gasteiger partial charge < -0.3 is 5.32 Å². The maximum Gasteiger partial charge on any atom is 0.225 e. The Balaban J connectivity index is 1.75. The molecular formula is C21H16ClF2NO2. The van der Waals surface area contributed by atoms with Crippen LogP contribution in [0.2, 0.25) is 5.02 Å². The third kappa shape index (κ3) is 3.28. The average Bonchev–Trinajstić information content (AvgIpc) is 2.61. The van der Waals surface area contributed by atoms with Crippen molar-refractivity contribution in [3.63, 3.8) is 0 Å². The molecule has 0 saturated heterocycles. The molecule has 138 valence electrons. The van der Waals surface area contributed by atoms with Crippen molar-refractivity contribution in [3.05, 3.63) is 81.5 Å². The van der Waals surface area contributed by atoms with Crippen molar-refractivity contribution in [2.75, 3.05) is 0 Å². The second kappa shape index (κ2) is 6.89. The minimum Gasteiger partial charge on any atom is -0.329 e. The number of rotatable bonds is 2. The zero-order valence-electron chi connectivity index (χ0n) is 14.3. The van der Waals surface area contributed by atoms with E-state index in [9.17, 15) is 18.4 Å². The van der Waals surface area contributed by atoms with E-state index in [4.69, 9.17) is 11.6 Å². The first kappa shape index (κ1) is 17.9. The monoisotopic (exact) mass is 387 g/mol. The lowest BCUT2D eigenvalue weighted by Gasteiger charge is -2.34. The third-order valence-corrected chi connectivity index (χ3v) is 5.56. The second-order valence-electron chi connectivity index (χ2n) is 6.91. The van der Waals surface area contributed by atoms with E-state index in [0.29, 0.717) is 17.7 Å². The van der Waals surface area contributed by atoms with Gasteiger partial charge in [-0.25, -0.2) is 8.78 Å². The molecule has 1 N–H and O–H groups in total. The molecule has 0 aromatic heterocycles. The first-order chi connectivity index (χ1) is 12.9. The summed E-state index contributed by atoms with van der Waals surface area (Å²) in [6.07, 6.45) is 0.635. The normalized spacial score (nSPS) is 22.5. The van der Waals surface area contributed by atoms with Crippen LogP contribution in [-0.4, -0.2) is 11.7 Å². The highest BCUT2D eigenvalue weighted by Crippen LogP contribution is 2.44. The SMILES string of the molecule is O=C1C[C@H](c2c(F)cccc2Cl)C2=C(C[C@@H](c3ccc(F)cc3)CC2=O)N1. The van der Waals surface area contributed by atoms with Gasteiger partial charge in [-0.1, -0.05) is 29.8 Å². The van der Waals surface area contributed by atoms with Crippen LogP contribution in [-0.2, 0) is 9.59 Å². The van der Waals surface area contributed by atoms with E-state index in [2.05, 4.69) is 5.32 Å². The summed E-state index contributed by atoms with van der Waals surface area (Å²) in [5, 5.41) is 2.98. The minimum atomic E-state index is -0.691. The van der Waals surface area contributed by atoms with Gasteiger partial charge >= 0.3 is 0 Å². The van der Waals surface area contributed by atoms with Crippen molar-refractivity contribution in [2.24, 2.45) is 0 Å². The van der Waals surface area contributed by atoms with Crippen LogP contribution in [0, 0.1) is 11.6 Å². The molecule has 4 rings (SSSR count). The Bertz CT molecular complexity index is 948. The van der Waals surface area contributed by atoms with Crippen LogP contribution < -0.4 is 5.32 Å². The summed E-state index contributed by atoms with van der Waals surface area (Å²) >= 11 is 6.19. The molecule has 0 saturated carbocycles. The number of allylic oxidation sites excluding steroid dienone is 2. The van der Waals surface area contributed by atoms with Crippen molar-refractivity contribution in [1.29, 1.82) is 0 Å². The molecule has 1 amide bonds. The van der Waals surface area contributed by atoms with Gasteiger partial charge in [0.25, 0.3) is 0 Å². The Kier molecular flexibility index (Phi) is 4.56. The number of carbonyl (C=O) groups is 2. The average molecular weight is 388 g/mol. The molecule has 27 heavy (non-hydrogen) atoms. The molecule has 0 bridgehead atoms. The molecule has 0 fully saturated rings. The highest BCUT2D eigenvalue weighted by molar-refractivity contribution is 6.31. The fraction of sp³-hybridized carbons (Fsp3) is 0.238. The van der Waals surface area contributed by atoms with Crippen molar-refractivity contribution >= 4 is 23.3 Å². The van der Waals surface area contributed by atoms with Crippen molar-refractivity contribution in [3.8, 4) is 0 Å². The second-order valence-corrected chi connectivity index (χ2v) is 7.32. The van der Waals surface area contributed by atoms with Gasteiger partial charge in [0.1, 0.15) is 11.6 Å². The van der Waals surface area contributed by atoms with Crippen LogP contribution in [0.1, 0.15) is 42.2 Å². The highest BCUT2D eigenvalue weighted by Gasteiger charge is 2.39. The summed E-state index contributed by atoms with van der Waals surface area (Å²) in [5.74, 6) is -2.14. The third-order valence-electron chi connectivity index (χ3n) is 5.23. The highest BCUT2D eigenvalue weighted by atomic mass is 35.5. The van der Waals surface area contributed by atoms with Crippen molar-refractivity contribution in [2.45, 2.75) is 31.1 Å². The number of hydrogen-bond acceptors (Lipinski definition) is 2. The Hall–Kier alpha value is -2.53. The minimum absolute atomic E-state index is 0.0214. The molecule has 2 aliphatic rings. The van der Waals surface area contributed by atoms with Gasteiger partial charge in [-0.15, -0.1) is 0 Å². The van der Waals surface area contributed by atoms with E-state index in [-0.39, 0.29) is 46.9 Å². The predicted molar refractivity (Wildman–Crippen MR) is 97.3 cm³/mol. The Labute approximate surface area is 160 Å².